The number of carbonyl (C=O) groups is 3. The summed E-state index contributed by atoms with van der Waals surface area (Å²) < 4.78 is 5.53. The second kappa shape index (κ2) is 12.2. The van der Waals surface area contributed by atoms with Crippen LogP contribution in [-0.4, -0.2) is 35.6 Å². The fourth-order valence-electron chi connectivity index (χ4n) is 4.12. The fourth-order valence-corrected chi connectivity index (χ4v) is 4.12. The number of unbranched alkanes of at least 4 members (excludes halogenated alkanes) is 1. The highest BCUT2D eigenvalue weighted by atomic mass is 16.5. The molecule has 0 saturated carbocycles. The van der Waals surface area contributed by atoms with Crippen molar-refractivity contribution in [3.05, 3.63) is 70.9 Å². The summed E-state index contributed by atoms with van der Waals surface area (Å²) in [5, 5.41) is 8.64. The van der Waals surface area contributed by atoms with E-state index in [-0.39, 0.29) is 18.2 Å². The Balaban J connectivity index is 1.86. The minimum atomic E-state index is -0.701. The summed E-state index contributed by atoms with van der Waals surface area (Å²) in [5.74, 6) is -0.471. The Kier molecular flexibility index (Phi) is 9.11. The Bertz CT molecular complexity index is 1140. The highest BCUT2D eigenvalue weighted by Gasteiger charge is 2.36. The second-order valence-corrected chi connectivity index (χ2v) is 9.10. The summed E-state index contributed by atoms with van der Waals surface area (Å²) in [6.45, 7) is 9.97. The van der Waals surface area contributed by atoms with Crippen molar-refractivity contribution in [1.82, 2.24) is 10.2 Å². The zero-order valence-corrected chi connectivity index (χ0v) is 21.7. The van der Waals surface area contributed by atoms with Crippen LogP contribution in [0.15, 0.2) is 59.8 Å². The van der Waals surface area contributed by atoms with Crippen LogP contribution >= 0.6 is 0 Å². The number of carbonyl (C=O) groups excluding carboxylic acids is 3. The number of amides is 4. The van der Waals surface area contributed by atoms with Gasteiger partial charge in [0.1, 0.15) is 0 Å². The molecule has 1 unspecified atom stereocenters. The monoisotopic (exact) mass is 492 g/mol. The third kappa shape index (κ3) is 6.65. The first-order valence-corrected chi connectivity index (χ1v) is 12.5. The molecule has 192 valence electrons. The van der Waals surface area contributed by atoms with Gasteiger partial charge in [-0.3, -0.25) is 4.90 Å². The molecule has 4 amide bonds. The van der Waals surface area contributed by atoms with Gasteiger partial charge in [-0.15, -0.1) is 0 Å². The molecule has 0 aliphatic carbocycles. The number of ether oxygens (including phenoxy) is 1. The smallest absolute Gasteiger partial charge is 0.338 e. The molecular formula is C28H36N4O4. The minimum Gasteiger partial charge on any atom is -0.459 e. The summed E-state index contributed by atoms with van der Waals surface area (Å²) in [4.78, 5) is 40.3. The Labute approximate surface area is 213 Å². The van der Waals surface area contributed by atoms with Crippen molar-refractivity contribution < 1.29 is 19.1 Å². The SMILES string of the molecule is CCCCN1C(=O)NC(c2cccc(NC(=O)Nc3cccc(CC)c3)c2)C(C(=O)OC(C)C)=C1C. The molecule has 1 heterocycles. The number of allylic oxidation sites excluding steroid dienone is 1. The summed E-state index contributed by atoms with van der Waals surface area (Å²) in [6.07, 6.45) is 2.31. The van der Waals surface area contributed by atoms with Crippen LogP contribution in [0.25, 0.3) is 0 Å². The lowest BCUT2D eigenvalue weighted by Crippen LogP contribution is -2.48. The lowest BCUT2D eigenvalue weighted by Gasteiger charge is -2.35. The van der Waals surface area contributed by atoms with Crippen LogP contribution in [0.2, 0.25) is 0 Å². The molecule has 8 nitrogen and oxygen atoms in total. The average Bonchev–Trinajstić information content (AvgIpc) is 2.83. The van der Waals surface area contributed by atoms with Crippen LogP contribution < -0.4 is 16.0 Å². The standard InChI is InChI=1S/C28H36N4O4/c1-6-8-15-32-19(5)24(26(33)36-18(3)4)25(31-28(32)35)21-12-10-14-23(17-21)30-27(34)29-22-13-9-11-20(7-2)16-22/h9-14,16-18,25H,6-8,15H2,1-5H3,(H,31,35)(H2,29,30,34). The molecule has 1 aliphatic heterocycles. The maximum absolute atomic E-state index is 13.1. The third-order valence-electron chi connectivity index (χ3n) is 5.97. The van der Waals surface area contributed by atoms with E-state index in [1.807, 2.05) is 37.3 Å². The van der Waals surface area contributed by atoms with Crippen LogP contribution in [-0.2, 0) is 16.0 Å². The van der Waals surface area contributed by atoms with E-state index in [9.17, 15) is 14.4 Å². The number of anilines is 2. The number of esters is 1. The first-order valence-electron chi connectivity index (χ1n) is 12.5. The van der Waals surface area contributed by atoms with Crippen molar-refractivity contribution in [3.63, 3.8) is 0 Å². The van der Waals surface area contributed by atoms with E-state index in [1.165, 1.54) is 0 Å². The van der Waals surface area contributed by atoms with Gasteiger partial charge < -0.3 is 20.7 Å². The molecule has 0 spiro atoms. The molecule has 0 aromatic heterocycles. The zero-order chi connectivity index (χ0) is 26.2. The molecule has 0 radical (unpaired) electrons. The predicted octanol–water partition coefficient (Wildman–Crippen LogP) is 5.99. The summed E-state index contributed by atoms with van der Waals surface area (Å²) in [5.41, 5.74) is 3.99. The van der Waals surface area contributed by atoms with Crippen LogP contribution in [0.5, 0.6) is 0 Å². The molecule has 2 aromatic rings. The molecule has 8 heteroatoms. The van der Waals surface area contributed by atoms with E-state index in [4.69, 9.17) is 4.74 Å². The van der Waals surface area contributed by atoms with Gasteiger partial charge in [0.25, 0.3) is 0 Å². The Hall–Kier alpha value is -3.81. The van der Waals surface area contributed by atoms with Crippen LogP contribution in [0.1, 0.15) is 64.6 Å². The molecule has 0 fully saturated rings. The number of nitrogens with one attached hydrogen (secondary N) is 3. The molecule has 0 bridgehead atoms. The predicted molar refractivity (Wildman–Crippen MR) is 142 cm³/mol. The number of rotatable bonds is 9. The summed E-state index contributed by atoms with van der Waals surface area (Å²) in [6, 6.07) is 13.4. The molecular weight excluding hydrogens is 456 g/mol. The lowest BCUT2D eigenvalue weighted by molar-refractivity contribution is -0.143. The fraction of sp³-hybridized carbons (Fsp3) is 0.393. The summed E-state index contributed by atoms with van der Waals surface area (Å²) in [7, 11) is 0. The molecule has 3 rings (SSSR count). The van der Waals surface area contributed by atoms with Gasteiger partial charge in [0.15, 0.2) is 0 Å². The maximum Gasteiger partial charge on any atom is 0.338 e. The average molecular weight is 493 g/mol. The number of hydrogen-bond acceptors (Lipinski definition) is 4. The molecule has 2 aromatic carbocycles. The van der Waals surface area contributed by atoms with E-state index in [0.29, 0.717) is 34.8 Å². The Morgan fingerprint density at radius 2 is 1.72 bits per heavy atom. The first kappa shape index (κ1) is 26.8. The Morgan fingerprint density at radius 3 is 2.36 bits per heavy atom. The number of nitrogens with zero attached hydrogens (tertiary/aromatic N) is 1. The van der Waals surface area contributed by atoms with Crippen LogP contribution in [0.4, 0.5) is 21.0 Å². The van der Waals surface area contributed by atoms with Gasteiger partial charge in [0.05, 0.1) is 17.7 Å². The second-order valence-electron chi connectivity index (χ2n) is 9.10. The minimum absolute atomic E-state index is 0.265. The Morgan fingerprint density at radius 1 is 1.06 bits per heavy atom. The van der Waals surface area contributed by atoms with E-state index in [0.717, 1.165) is 24.8 Å². The van der Waals surface area contributed by atoms with Crippen molar-refractivity contribution >= 4 is 29.4 Å². The quantitative estimate of drug-likeness (QED) is 0.375. The van der Waals surface area contributed by atoms with Gasteiger partial charge in [0, 0.05) is 23.6 Å². The van der Waals surface area contributed by atoms with Crippen LogP contribution in [0.3, 0.4) is 0 Å². The topological polar surface area (TPSA) is 99.8 Å². The van der Waals surface area contributed by atoms with Crippen molar-refractivity contribution in [3.8, 4) is 0 Å². The third-order valence-corrected chi connectivity index (χ3v) is 5.97. The van der Waals surface area contributed by atoms with Gasteiger partial charge in [-0.2, -0.15) is 0 Å². The van der Waals surface area contributed by atoms with Crippen LogP contribution in [0, 0.1) is 0 Å². The number of urea groups is 2. The highest BCUT2D eigenvalue weighted by molar-refractivity contribution is 6.00. The highest BCUT2D eigenvalue weighted by Crippen LogP contribution is 2.33. The first-order chi connectivity index (χ1) is 17.2. The normalized spacial score (nSPS) is 15.6. The van der Waals surface area contributed by atoms with Gasteiger partial charge in [-0.1, -0.05) is 44.5 Å². The van der Waals surface area contributed by atoms with Gasteiger partial charge in [-0.05, 0) is 69.0 Å². The maximum atomic E-state index is 13.1. The number of benzene rings is 2. The van der Waals surface area contributed by atoms with Gasteiger partial charge >= 0.3 is 18.0 Å². The molecule has 3 N–H and O–H groups in total. The van der Waals surface area contributed by atoms with E-state index in [1.54, 1.807) is 43.9 Å². The molecule has 0 saturated heterocycles. The van der Waals surface area contributed by atoms with E-state index >= 15 is 0 Å². The lowest BCUT2D eigenvalue weighted by atomic mass is 9.94. The van der Waals surface area contributed by atoms with Crippen molar-refractivity contribution in [2.45, 2.75) is 66.0 Å². The molecule has 1 atom stereocenters. The van der Waals surface area contributed by atoms with Crippen molar-refractivity contribution in [1.29, 1.82) is 0 Å². The number of aryl methyl sites for hydroxylation is 1. The number of hydrogen-bond donors (Lipinski definition) is 3. The molecule has 1 aliphatic rings. The zero-order valence-electron chi connectivity index (χ0n) is 21.7. The van der Waals surface area contributed by atoms with Crippen molar-refractivity contribution in [2.75, 3.05) is 17.2 Å². The van der Waals surface area contributed by atoms with Gasteiger partial charge in [0.2, 0.25) is 0 Å². The van der Waals surface area contributed by atoms with Crippen molar-refractivity contribution in [2.24, 2.45) is 0 Å². The van der Waals surface area contributed by atoms with E-state index in [2.05, 4.69) is 22.9 Å². The summed E-state index contributed by atoms with van der Waals surface area (Å²) >= 11 is 0. The van der Waals surface area contributed by atoms with E-state index < -0.39 is 12.0 Å². The molecule has 36 heavy (non-hydrogen) atoms. The van der Waals surface area contributed by atoms with Gasteiger partial charge in [-0.25, -0.2) is 14.4 Å². The largest absolute Gasteiger partial charge is 0.459 e.